The smallest absolute Gasteiger partial charge is 0.309 e. The van der Waals surface area contributed by atoms with E-state index in [2.05, 4.69) is 4.74 Å². The van der Waals surface area contributed by atoms with Gasteiger partial charge in [-0.15, -0.1) is 0 Å². The molecule has 0 aliphatic heterocycles. The third-order valence-electron chi connectivity index (χ3n) is 1.96. The Morgan fingerprint density at radius 3 is 1.50 bits per heavy atom. The van der Waals surface area contributed by atoms with Gasteiger partial charge in [0.25, 0.3) is 6.17 Å². The van der Waals surface area contributed by atoms with Crippen molar-refractivity contribution in [2.75, 3.05) is 0 Å². The molecule has 0 saturated heterocycles. The molecule has 0 fully saturated rings. The maximum absolute atomic E-state index is 12.8. The molecule has 0 aliphatic rings. The Hall–Kier alpha value is -0.670. The molecule has 0 rings (SSSR count). The molecule has 3 unspecified atom stereocenters. The molecule has 1 nitrogen and oxygen atoms in total. The fourth-order valence-electron chi connectivity index (χ4n) is 0.832. The fourth-order valence-corrected chi connectivity index (χ4v) is 0.832. The van der Waals surface area contributed by atoms with Gasteiger partial charge in [0.05, 0.1) is 0 Å². The lowest BCUT2D eigenvalue weighted by Crippen LogP contribution is -2.52. The van der Waals surface area contributed by atoms with Crippen LogP contribution in [0.25, 0.3) is 0 Å². The Labute approximate surface area is 95.9 Å². The van der Waals surface area contributed by atoms with E-state index in [-0.39, 0.29) is 13.8 Å². The zero-order valence-corrected chi connectivity index (χ0v) is 9.04. The van der Waals surface area contributed by atoms with E-state index in [0.29, 0.717) is 0 Å². The molecular weight excluding hydrogens is 283 g/mol. The molecule has 0 amide bonds. The summed E-state index contributed by atoms with van der Waals surface area (Å²) >= 11 is 0. The van der Waals surface area contributed by atoms with Crippen molar-refractivity contribution < 1.29 is 44.3 Å². The van der Waals surface area contributed by atoms with E-state index in [1.165, 1.54) is 0 Å². The normalized spacial score (nSPS) is 19.5. The average Bonchev–Trinajstić information content (AvgIpc) is 2.13. The number of hydrogen-bond acceptors (Lipinski definition) is 1. The summed E-state index contributed by atoms with van der Waals surface area (Å²) in [5.41, 5.74) is 0. The van der Waals surface area contributed by atoms with Gasteiger partial charge >= 0.3 is 18.2 Å². The SMILES string of the molecule is CC(F)C(F)(F)OC(C)C(F)(F)C(F)C(F)(F)F. The number of alkyl halides is 9. The standard InChI is InChI=1S/C8H9F9O/c1-3(9)8(16,17)18-4(2)6(11,12)5(10)7(13,14)15/h3-5H,1-2H3. The molecule has 0 N–H and O–H groups in total. The number of hydrogen-bond donors (Lipinski definition) is 0. The van der Waals surface area contributed by atoms with Gasteiger partial charge in [-0.2, -0.15) is 22.0 Å². The lowest BCUT2D eigenvalue weighted by Gasteiger charge is -2.30. The van der Waals surface area contributed by atoms with Gasteiger partial charge < -0.3 is 4.74 Å². The van der Waals surface area contributed by atoms with Crippen molar-refractivity contribution in [3.63, 3.8) is 0 Å². The molecule has 0 aromatic carbocycles. The molecule has 0 spiro atoms. The van der Waals surface area contributed by atoms with Crippen LogP contribution in [0.1, 0.15) is 13.8 Å². The number of rotatable bonds is 5. The van der Waals surface area contributed by atoms with E-state index in [0.717, 1.165) is 0 Å². The predicted octanol–water partition coefficient (Wildman–Crippen LogP) is 3.88. The highest BCUT2D eigenvalue weighted by Gasteiger charge is 2.61. The van der Waals surface area contributed by atoms with E-state index in [4.69, 9.17) is 0 Å². The molecule has 0 aromatic heterocycles. The minimum absolute atomic E-state index is 0.0919. The highest BCUT2D eigenvalue weighted by molar-refractivity contribution is 4.88. The summed E-state index contributed by atoms with van der Waals surface area (Å²) < 4.78 is 114. The maximum atomic E-state index is 12.8. The second-order valence-electron chi connectivity index (χ2n) is 3.52. The Balaban J connectivity index is 4.93. The lowest BCUT2D eigenvalue weighted by molar-refractivity contribution is -0.340. The molecule has 3 atom stereocenters. The van der Waals surface area contributed by atoms with E-state index in [1.807, 2.05) is 0 Å². The van der Waals surface area contributed by atoms with Crippen LogP contribution in [0.4, 0.5) is 39.5 Å². The van der Waals surface area contributed by atoms with Crippen LogP contribution in [-0.4, -0.2) is 36.7 Å². The largest absolute Gasteiger partial charge is 0.425 e. The van der Waals surface area contributed by atoms with Gasteiger partial charge in [-0.25, -0.2) is 17.6 Å². The summed E-state index contributed by atoms with van der Waals surface area (Å²) in [6, 6.07) is 0. The molecule has 18 heavy (non-hydrogen) atoms. The second-order valence-corrected chi connectivity index (χ2v) is 3.52. The van der Waals surface area contributed by atoms with Crippen molar-refractivity contribution in [3.8, 4) is 0 Å². The fraction of sp³-hybridized carbons (Fsp3) is 1.00. The monoisotopic (exact) mass is 292 g/mol. The van der Waals surface area contributed by atoms with E-state index in [9.17, 15) is 39.5 Å². The first-order valence-electron chi connectivity index (χ1n) is 4.51. The van der Waals surface area contributed by atoms with Gasteiger partial charge in [-0.1, -0.05) is 0 Å². The second kappa shape index (κ2) is 5.14. The Morgan fingerprint density at radius 2 is 1.22 bits per heavy atom. The van der Waals surface area contributed by atoms with Gasteiger partial charge in [-0.3, -0.25) is 0 Å². The molecule has 0 saturated carbocycles. The van der Waals surface area contributed by atoms with Crippen LogP contribution in [0.15, 0.2) is 0 Å². The maximum Gasteiger partial charge on any atom is 0.425 e. The van der Waals surface area contributed by atoms with Crippen molar-refractivity contribution in [1.29, 1.82) is 0 Å². The molecular formula is C8H9F9O. The van der Waals surface area contributed by atoms with Gasteiger partial charge in [0.15, 0.2) is 6.17 Å². The summed E-state index contributed by atoms with van der Waals surface area (Å²) in [6.45, 7) is 0.343. The van der Waals surface area contributed by atoms with Gasteiger partial charge in [0.1, 0.15) is 6.10 Å². The first-order chi connectivity index (χ1) is 7.73. The molecule has 0 aromatic rings. The third kappa shape index (κ3) is 3.92. The highest BCUT2D eigenvalue weighted by Crippen LogP contribution is 2.40. The van der Waals surface area contributed by atoms with Gasteiger partial charge in [0.2, 0.25) is 0 Å². The van der Waals surface area contributed by atoms with Crippen LogP contribution in [-0.2, 0) is 4.74 Å². The predicted molar refractivity (Wildman–Crippen MR) is 42.0 cm³/mol. The van der Waals surface area contributed by atoms with Crippen LogP contribution in [0.2, 0.25) is 0 Å². The number of ether oxygens (including phenoxy) is 1. The van der Waals surface area contributed by atoms with Gasteiger partial charge in [-0.05, 0) is 13.8 Å². The molecule has 0 heterocycles. The summed E-state index contributed by atoms with van der Waals surface area (Å²) in [5, 5.41) is 0. The van der Waals surface area contributed by atoms with Crippen molar-refractivity contribution in [2.45, 2.75) is 50.5 Å². The van der Waals surface area contributed by atoms with Crippen LogP contribution < -0.4 is 0 Å². The van der Waals surface area contributed by atoms with Crippen molar-refractivity contribution >= 4 is 0 Å². The van der Waals surface area contributed by atoms with Gasteiger partial charge in [0, 0.05) is 0 Å². The zero-order chi connectivity index (χ0) is 14.9. The van der Waals surface area contributed by atoms with Crippen LogP contribution in [0.5, 0.6) is 0 Å². The van der Waals surface area contributed by atoms with Crippen LogP contribution >= 0.6 is 0 Å². The molecule has 10 heteroatoms. The van der Waals surface area contributed by atoms with Crippen molar-refractivity contribution in [2.24, 2.45) is 0 Å². The average molecular weight is 292 g/mol. The van der Waals surface area contributed by atoms with E-state index >= 15 is 0 Å². The Morgan fingerprint density at radius 1 is 0.833 bits per heavy atom. The van der Waals surface area contributed by atoms with E-state index < -0.39 is 36.7 Å². The topological polar surface area (TPSA) is 9.23 Å². The molecule has 0 bridgehead atoms. The quantitative estimate of drug-likeness (QED) is 0.699. The Bertz CT molecular complexity index is 272. The summed E-state index contributed by atoms with van der Waals surface area (Å²) in [5.74, 6) is -5.27. The minimum atomic E-state index is -5.95. The lowest BCUT2D eigenvalue weighted by atomic mass is 10.1. The molecule has 0 radical (unpaired) electrons. The first kappa shape index (κ1) is 17.3. The number of halogens is 9. The van der Waals surface area contributed by atoms with E-state index in [1.54, 1.807) is 0 Å². The van der Waals surface area contributed by atoms with Crippen LogP contribution in [0, 0.1) is 0 Å². The highest BCUT2D eigenvalue weighted by atomic mass is 19.4. The van der Waals surface area contributed by atoms with Crippen molar-refractivity contribution in [1.82, 2.24) is 0 Å². The van der Waals surface area contributed by atoms with Crippen molar-refractivity contribution in [3.05, 3.63) is 0 Å². The zero-order valence-electron chi connectivity index (χ0n) is 9.04. The summed E-state index contributed by atoms with van der Waals surface area (Å²) in [7, 11) is 0. The Kier molecular flexibility index (Phi) is 4.95. The minimum Gasteiger partial charge on any atom is -0.309 e. The molecule has 0 aliphatic carbocycles. The van der Waals surface area contributed by atoms with Crippen LogP contribution in [0.3, 0.4) is 0 Å². The molecule has 110 valence electrons. The summed E-state index contributed by atoms with van der Waals surface area (Å²) in [4.78, 5) is 0. The first-order valence-corrected chi connectivity index (χ1v) is 4.51. The third-order valence-corrected chi connectivity index (χ3v) is 1.96. The summed E-state index contributed by atoms with van der Waals surface area (Å²) in [6.07, 6.45) is -21.6.